The summed E-state index contributed by atoms with van der Waals surface area (Å²) in [5.74, 6) is -0.170. The number of hydrogen-bond acceptors (Lipinski definition) is 1. The van der Waals surface area contributed by atoms with Crippen LogP contribution in [0.4, 0.5) is 4.39 Å². The van der Waals surface area contributed by atoms with Gasteiger partial charge in [0.25, 0.3) is 0 Å². The largest absolute Gasteiger partial charge is 0.317 e. The van der Waals surface area contributed by atoms with E-state index in [0.29, 0.717) is 9.89 Å². The first kappa shape index (κ1) is 16.0. The van der Waals surface area contributed by atoms with E-state index in [4.69, 9.17) is 0 Å². The van der Waals surface area contributed by atoms with Crippen LogP contribution in [0, 0.1) is 11.2 Å². The first-order valence-electron chi connectivity index (χ1n) is 7.80. The molecule has 1 aliphatic carbocycles. The molecule has 1 aromatic carbocycles. The van der Waals surface area contributed by atoms with E-state index in [1.807, 2.05) is 12.1 Å². The minimum absolute atomic E-state index is 0.170. The Kier molecular flexibility index (Phi) is 6.03. The fourth-order valence-electron chi connectivity index (χ4n) is 3.38. The second-order valence-electron chi connectivity index (χ2n) is 6.06. The summed E-state index contributed by atoms with van der Waals surface area (Å²) in [6.45, 7) is 4.35. The van der Waals surface area contributed by atoms with E-state index >= 15 is 0 Å². The van der Waals surface area contributed by atoms with E-state index in [0.717, 1.165) is 19.5 Å². The molecule has 0 heterocycles. The van der Waals surface area contributed by atoms with E-state index in [1.165, 1.54) is 44.1 Å². The van der Waals surface area contributed by atoms with Crippen molar-refractivity contribution in [2.75, 3.05) is 13.1 Å². The lowest BCUT2D eigenvalue weighted by Crippen LogP contribution is -2.25. The Labute approximate surface area is 130 Å². The third kappa shape index (κ3) is 4.29. The zero-order chi connectivity index (χ0) is 14.4. The number of aryl methyl sites for hydroxylation is 1. The van der Waals surface area contributed by atoms with Crippen molar-refractivity contribution in [1.82, 2.24) is 5.32 Å². The highest BCUT2D eigenvalue weighted by Crippen LogP contribution is 2.44. The lowest BCUT2D eigenvalue weighted by molar-refractivity contribution is 0.246. The van der Waals surface area contributed by atoms with Gasteiger partial charge in [-0.1, -0.05) is 25.8 Å². The molecular formula is C17H25BrFN. The molecule has 0 spiro atoms. The summed E-state index contributed by atoms with van der Waals surface area (Å²) in [5.41, 5.74) is 1.76. The van der Waals surface area contributed by atoms with Crippen LogP contribution in [0.1, 0.15) is 51.0 Å². The van der Waals surface area contributed by atoms with Crippen LogP contribution in [0.25, 0.3) is 0 Å². The topological polar surface area (TPSA) is 12.0 Å². The molecule has 3 heteroatoms. The van der Waals surface area contributed by atoms with E-state index in [9.17, 15) is 4.39 Å². The first-order chi connectivity index (χ1) is 9.65. The Morgan fingerprint density at radius 3 is 2.65 bits per heavy atom. The van der Waals surface area contributed by atoms with Gasteiger partial charge in [0.1, 0.15) is 5.82 Å². The summed E-state index contributed by atoms with van der Waals surface area (Å²) in [6, 6.07) is 5.43. The molecule has 1 saturated carbocycles. The maximum Gasteiger partial charge on any atom is 0.137 e. The van der Waals surface area contributed by atoms with Crippen molar-refractivity contribution in [1.29, 1.82) is 0 Å². The summed E-state index contributed by atoms with van der Waals surface area (Å²) in [4.78, 5) is 0. The quantitative estimate of drug-likeness (QED) is 0.682. The fraction of sp³-hybridized carbons (Fsp3) is 0.647. The van der Waals surface area contributed by atoms with Crippen LogP contribution in [0.3, 0.4) is 0 Å². The van der Waals surface area contributed by atoms with Crippen LogP contribution in [-0.2, 0) is 6.42 Å². The third-order valence-corrected chi connectivity index (χ3v) is 5.28. The molecule has 20 heavy (non-hydrogen) atoms. The normalized spacial score (nSPS) is 17.6. The smallest absolute Gasteiger partial charge is 0.137 e. The maximum absolute atomic E-state index is 13.3. The van der Waals surface area contributed by atoms with Gasteiger partial charge in [0.2, 0.25) is 0 Å². The van der Waals surface area contributed by atoms with Crippen molar-refractivity contribution in [2.24, 2.45) is 5.41 Å². The van der Waals surface area contributed by atoms with Crippen molar-refractivity contribution >= 4 is 15.9 Å². The minimum Gasteiger partial charge on any atom is -0.317 e. The molecule has 1 aromatic rings. The number of rotatable bonds is 7. The van der Waals surface area contributed by atoms with Gasteiger partial charge in [-0.2, -0.15) is 0 Å². The Bertz CT molecular complexity index is 427. The molecular weight excluding hydrogens is 317 g/mol. The van der Waals surface area contributed by atoms with Crippen LogP contribution in [0.2, 0.25) is 0 Å². The Morgan fingerprint density at radius 1 is 1.25 bits per heavy atom. The van der Waals surface area contributed by atoms with Gasteiger partial charge in [-0.3, -0.25) is 0 Å². The Hall–Kier alpha value is -0.410. The van der Waals surface area contributed by atoms with Crippen molar-refractivity contribution < 1.29 is 4.39 Å². The zero-order valence-electron chi connectivity index (χ0n) is 12.4. The van der Waals surface area contributed by atoms with Crippen LogP contribution < -0.4 is 5.32 Å². The van der Waals surface area contributed by atoms with E-state index in [-0.39, 0.29) is 5.82 Å². The summed E-state index contributed by atoms with van der Waals surface area (Å²) < 4.78 is 13.9. The molecule has 0 atom stereocenters. The average molecular weight is 342 g/mol. The predicted molar refractivity (Wildman–Crippen MR) is 86.5 cm³/mol. The third-order valence-electron chi connectivity index (χ3n) is 4.67. The molecule has 112 valence electrons. The molecule has 0 amide bonds. The SMILES string of the molecule is CCNCCC1(CCc2ccc(F)c(Br)c2)CCCC1. The van der Waals surface area contributed by atoms with Crippen molar-refractivity contribution in [2.45, 2.75) is 51.9 Å². The van der Waals surface area contributed by atoms with Crippen LogP contribution in [0.15, 0.2) is 22.7 Å². The molecule has 0 bridgehead atoms. The highest BCUT2D eigenvalue weighted by Gasteiger charge is 2.32. The van der Waals surface area contributed by atoms with Crippen molar-refractivity contribution in [3.8, 4) is 0 Å². The molecule has 1 aliphatic rings. The van der Waals surface area contributed by atoms with E-state index in [2.05, 4.69) is 28.2 Å². The summed E-state index contributed by atoms with van der Waals surface area (Å²) in [6.07, 6.45) is 9.05. The van der Waals surface area contributed by atoms with Crippen molar-refractivity contribution in [3.63, 3.8) is 0 Å². The number of halogens is 2. The molecule has 0 radical (unpaired) electrons. The lowest BCUT2D eigenvalue weighted by Gasteiger charge is -2.29. The molecule has 0 unspecified atom stereocenters. The molecule has 0 aromatic heterocycles. The second-order valence-corrected chi connectivity index (χ2v) is 6.91. The molecule has 2 rings (SSSR count). The number of hydrogen-bond donors (Lipinski definition) is 1. The van der Waals surface area contributed by atoms with Gasteiger partial charge >= 0.3 is 0 Å². The standard InChI is InChI=1S/C17H25BrFN/c1-2-20-12-11-17(8-3-4-9-17)10-7-14-5-6-16(19)15(18)13-14/h5-6,13,20H,2-4,7-12H2,1H3. The number of benzene rings is 1. The monoisotopic (exact) mass is 341 g/mol. The van der Waals surface area contributed by atoms with E-state index in [1.54, 1.807) is 6.07 Å². The molecule has 0 saturated heterocycles. The minimum atomic E-state index is -0.170. The van der Waals surface area contributed by atoms with Gasteiger partial charge in [-0.25, -0.2) is 4.39 Å². The second kappa shape index (κ2) is 7.56. The summed E-state index contributed by atoms with van der Waals surface area (Å²) in [5, 5.41) is 3.46. The van der Waals surface area contributed by atoms with Crippen LogP contribution in [0.5, 0.6) is 0 Å². The molecule has 1 nitrogen and oxygen atoms in total. The van der Waals surface area contributed by atoms with Crippen LogP contribution >= 0.6 is 15.9 Å². The molecule has 1 N–H and O–H groups in total. The summed E-state index contributed by atoms with van der Waals surface area (Å²) >= 11 is 3.28. The van der Waals surface area contributed by atoms with Gasteiger partial charge in [0.05, 0.1) is 4.47 Å². The maximum atomic E-state index is 13.3. The van der Waals surface area contributed by atoms with Gasteiger partial charge < -0.3 is 5.32 Å². The fourth-order valence-corrected chi connectivity index (χ4v) is 3.81. The van der Waals surface area contributed by atoms with Gasteiger partial charge in [-0.05, 0) is 84.2 Å². The van der Waals surface area contributed by atoms with Crippen LogP contribution in [-0.4, -0.2) is 13.1 Å². The Morgan fingerprint density at radius 2 is 2.00 bits per heavy atom. The predicted octanol–water partition coefficient (Wildman–Crippen LogP) is 5.08. The first-order valence-corrected chi connectivity index (χ1v) is 8.59. The highest BCUT2D eigenvalue weighted by molar-refractivity contribution is 9.10. The molecule has 0 aliphatic heterocycles. The average Bonchev–Trinajstić information content (AvgIpc) is 2.90. The zero-order valence-corrected chi connectivity index (χ0v) is 13.9. The highest BCUT2D eigenvalue weighted by atomic mass is 79.9. The van der Waals surface area contributed by atoms with Gasteiger partial charge in [0.15, 0.2) is 0 Å². The number of nitrogens with one attached hydrogen (secondary N) is 1. The molecule has 1 fully saturated rings. The van der Waals surface area contributed by atoms with E-state index < -0.39 is 0 Å². The van der Waals surface area contributed by atoms with Crippen molar-refractivity contribution in [3.05, 3.63) is 34.1 Å². The van der Waals surface area contributed by atoms with Gasteiger partial charge in [-0.15, -0.1) is 0 Å². The summed E-state index contributed by atoms with van der Waals surface area (Å²) in [7, 11) is 0. The van der Waals surface area contributed by atoms with Gasteiger partial charge in [0, 0.05) is 0 Å². The lowest BCUT2D eigenvalue weighted by atomic mass is 9.77. The Balaban J connectivity index is 1.92.